The predicted molar refractivity (Wildman–Crippen MR) is 67.5 cm³/mol. The monoisotopic (exact) mass is 258 g/mol. The third-order valence-electron chi connectivity index (χ3n) is 2.85. The number of nitrogens with two attached hydrogens (primary N) is 1. The van der Waals surface area contributed by atoms with Crippen molar-refractivity contribution in [1.29, 1.82) is 0 Å². The lowest BCUT2D eigenvalue weighted by atomic mass is 10.0. The van der Waals surface area contributed by atoms with E-state index in [4.69, 9.17) is 10.8 Å². The Bertz CT molecular complexity index is 361. The third-order valence-corrected chi connectivity index (χ3v) is 2.85. The van der Waals surface area contributed by atoms with Crippen LogP contribution in [0.4, 0.5) is 8.78 Å². The molecule has 2 atom stereocenters. The van der Waals surface area contributed by atoms with E-state index in [1.165, 1.54) is 12.1 Å². The van der Waals surface area contributed by atoms with Crippen LogP contribution in [0.25, 0.3) is 0 Å². The minimum absolute atomic E-state index is 0.00237. The lowest BCUT2D eigenvalue weighted by molar-refractivity contribution is 0.151. The van der Waals surface area contributed by atoms with Crippen LogP contribution < -0.4 is 11.1 Å². The quantitative estimate of drug-likeness (QED) is 0.701. The Morgan fingerprint density at radius 3 is 2.56 bits per heavy atom. The maximum atomic E-state index is 12.6. The van der Waals surface area contributed by atoms with Gasteiger partial charge in [-0.3, -0.25) is 0 Å². The number of rotatable bonds is 7. The van der Waals surface area contributed by atoms with Crippen LogP contribution in [0.3, 0.4) is 0 Å². The lowest BCUT2D eigenvalue weighted by Crippen LogP contribution is -2.35. The van der Waals surface area contributed by atoms with E-state index in [0.717, 1.165) is 5.56 Å². The maximum absolute atomic E-state index is 12.6. The normalized spacial score (nSPS) is 14.8. The van der Waals surface area contributed by atoms with Crippen LogP contribution in [0, 0.1) is 0 Å². The van der Waals surface area contributed by atoms with Gasteiger partial charge in [-0.1, -0.05) is 18.2 Å². The van der Waals surface area contributed by atoms with Crippen LogP contribution in [0.1, 0.15) is 36.9 Å². The third kappa shape index (κ3) is 4.33. The minimum Gasteiger partial charge on any atom is -0.396 e. The summed E-state index contributed by atoms with van der Waals surface area (Å²) >= 11 is 0. The number of hydrogen-bond donors (Lipinski definition) is 3. The first-order chi connectivity index (χ1) is 8.58. The zero-order valence-electron chi connectivity index (χ0n) is 10.4. The molecule has 102 valence electrons. The fourth-order valence-corrected chi connectivity index (χ4v) is 1.83. The van der Waals surface area contributed by atoms with Crippen molar-refractivity contribution in [2.45, 2.75) is 31.9 Å². The van der Waals surface area contributed by atoms with Crippen molar-refractivity contribution in [2.75, 3.05) is 13.2 Å². The van der Waals surface area contributed by atoms with Crippen LogP contribution in [-0.2, 0) is 0 Å². The van der Waals surface area contributed by atoms with Crippen molar-refractivity contribution < 1.29 is 13.9 Å². The van der Waals surface area contributed by atoms with Gasteiger partial charge in [-0.05, 0) is 25.0 Å². The summed E-state index contributed by atoms with van der Waals surface area (Å²) < 4.78 is 25.2. The van der Waals surface area contributed by atoms with Gasteiger partial charge in [-0.25, -0.2) is 8.78 Å². The molecule has 0 aliphatic heterocycles. The van der Waals surface area contributed by atoms with Crippen LogP contribution in [0.15, 0.2) is 24.3 Å². The van der Waals surface area contributed by atoms with E-state index in [-0.39, 0.29) is 24.3 Å². The Morgan fingerprint density at radius 1 is 1.33 bits per heavy atom. The number of aliphatic hydroxyl groups is 1. The number of alkyl halides is 2. The smallest absolute Gasteiger partial charge is 0.263 e. The van der Waals surface area contributed by atoms with E-state index < -0.39 is 6.43 Å². The molecular formula is C13H20F2N2O. The summed E-state index contributed by atoms with van der Waals surface area (Å²) in [6.45, 7) is 2.33. The molecule has 1 aromatic rings. The van der Waals surface area contributed by atoms with Crippen LogP contribution in [0.2, 0.25) is 0 Å². The topological polar surface area (TPSA) is 58.3 Å². The SMILES string of the molecule is CC(CCO)NC(CN)c1cccc(C(F)F)c1. The molecule has 0 fully saturated rings. The van der Waals surface area contributed by atoms with Crippen LogP contribution >= 0.6 is 0 Å². The second-order valence-electron chi connectivity index (χ2n) is 4.34. The van der Waals surface area contributed by atoms with Crippen molar-refractivity contribution in [1.82, 2.24) is 5.32 Å². The van der Waals surface area contributed by atoms with Crippen LogP contribution in [-0.4, -0.2) is 24.3 Å². The second kappa shape index (κ2) is 7.41. The van der Waals surface area contributed by atoms with E-state index in [1.54, 1.807) is 12.1 Å². The van der Waals surface area contributed by atoms with Crippen molar-refractivity contribution in [2.24, 2.45) is 5.73 Å². The molecule has 3 nitrogen and oxygen atoms in total. The number of halogens is 2. The molecule has 1 aromatic carbocycles. The molecule has 0 aliphatic carbocycles. The second-order valence-corrected chi connectivity index (χ2v) is 4.34. The van der Waals surface area contributed by atoms with E-state index >= 15 is 0 Å². The molecule has 0 saturated carbocycles. The first-order valence-electron chi connectivity index (χ1n) is 6.03. The lowest BCUT2D eigenvalue weighted by Gasteiger charge is -2.22. The van der Waals surface area contributed by atoms with Gasteiger partial charge in [0.2, 0.25) is 0 Å². The van der Waals surface area contributed by atoms with Crippen molar-refractivity contribution >= 4 is 0 Å². The largest absolute Gasteiger partial charge is 0.396 e. The molecule has 0 spiro atoms. The van der Waals surface area contributed by atoms with Gasteiger partial charge in [0, 0.05) is 30.8 Å². The highest BCUT2D eigenvalue weighted by Crippen LogP contribution is 2.22. The average molecular weight is 258 g/mol. The van der Waals surface area contributed by atoms with Gasteiger partial charge in [0.05, 0.1) is 0 Å². The molecule has 5 heteroatoms. The van der Waals surface area contributed by atoms with Gasteiger partial charge in [-0.2, -0.15) is 0 Å². The Labute approximate surface area is 106 Å². The molecular weight excluding hydrogens is 238 g/mol. The number of aliphatic hydroxyl groups excluding tert-OH is 1. The number of hydrogen-bond acceptors (Lipinski definition) is 3. The average Bonchev–Trinajstić information content (AvgIpc) is 2.36. The van der Waals surface area contributed by atoms with E-state index in [1.807, 2.05) is 6.92 Å². The maximum Gasteiger partial charge on any atom is 0.263 e. The highest BCUT2D eigenvalue weighted by atomic mass is 19.3. The van der Waals surface area contributed by atoms with Gasteiger partial charge in [0.1, 0.15) is 0 Å². The Morgan fingerprint density at radius 2 is 2.00 bits per heavy atom. The molecule has 0 bridgehead atoms. The predicted octanol–water partition coefficient (Wildman–Crippen LogP) is 1.98. The molecule has 0 radical (unpaired) electrons. The van der Waals surface area contributed by atoms with E-state index in [9.17, 15) is 8.78 Å². The zero-order valence-corrected chi connectivity index (χ0v) is 10.4. The van der Waals surface area contributed by atoms with Crippen molar-refractivity contribution in [3.63, 3.8) is 0 Å². The summed E-state index contributed by atoms with van der Waals surface area (Å²) in [5.41, 5.74) is 6.42. The molecule has 18 heavy (non-hydrogen) atoms. The van der Waals surface area contributed by atoms with Crippen molar-refractivity contribution in [3.05, 3.63) is 35.4 Å². The minimum atomic E-state index is -2.47. The Kier molecular flexibility index (Phi) is 6.18. The highest BCUT2D eigenvalue weighted by Gasteiger charge is 2.15. The standard InChI is InChI=1S/C13H20F2N2O/c1-9(5-6-18)17-12(8-16)10-3-2-4-11(7-10)13(14)15/h2-4,7,9,12-13,17-18H,5-6,8,16H2,1H3. The number of nitrogens with one attached hydrogen (secondary N) is 1. The molecule has 0 aliphatic rings. The fraction of sp³-hybridized carbons (Fsp3) is 0.538. The Balaban J connectivity index is 2.78. The van der Waals surface area contributed by atoms with Crippen LogP contribution in [0.5, 0.6) is 0 Å². The summed E-state index contributed by atoms with van der Waals surface area (Å²) in [6.07, 6.45) is -1.87. The van der Waals surface area contributed by atoms with Gasteiger partial charge in [0.25, 0.3) is 6.43 Å². The first-order valence-corrected chi connectivity index (χ1v) is 6.03. The summed E-state index contributed by atoms with van der Waals surface area (Å²) in [5.74, 6) is 0. The first kappa shape index (κ1) is 15.0. The molecule has 0 aromatic heterocycles. The molecule has 0 saturated heterocycles. The molecule has 1 rings (SSSR count). The van der Waals surface area contributed by atoms with Gasteiger partial charge < -0.3 is 16.2 Å². The van der Waals surface area contributed by atoms with E-state index in [0.29, 0.717) is 13.0 Å². The fourth-order valence-electron chi connectivity index (χ4n) is 1.83. The van der Waals surface area contributed by atoms with Gasteiger partial charge >= 0.3 is 0 Å². The summed E-state index contributed by atoms with van der Waals surface area (Å²) in [7, 11) is 0. The summed E-state index contributed by atoms with van der Waals surface area (Å²) in [4.78, 5) is 0. The van der Waals surface area contributed by atoms with E-state index in [2.05, 4.69) is 5.32 Å². The summed E-state index contributed by atoms with van der Waals surface area (Å²) in [6, 6.07) is 6.17. The highest BCUT2D eigenvalue weighted by molar-refractivity contribution is 5.27. The zero-order chi connectivity index (χ0) is 13.5. The molecule has 0 amide bonds. The molecule has 2 unspecified atom stereocenters. The molecule has 0 heterocycles. The van der Waals surface area contributed by atoms with Gasteiger partial charge in [-0.15, -0.1) is 0 Å². The molecule has 4 N–H and O–H groups in total. The van der Waals surface area contributed by atoms with Crippen molar-refractivity contribution in [3.8, 4) is 0 Å². The number of benzene rings is 1. The Hall–Kier alpha value is -1.04. The van der Waals surface area contributed by atoms with Gasteiger partial charge in [0.15, 0.2) is 0 Å². The summed E-state index contributed by atoms with van der Waals surface area (Å²) in [5, 5.41) is 12.1.